The number of likely N-dealkylation sites (tertiary alicyclic amines) is 1. The Morgan fingerprint density at radius 1 is 1.15 bits per heavy atom. The quantitative estimate of drug-likeness (QED) is 0.895. The maximum Gasteiger partial charge on any atom is 0.339 e. The number of carboxylic acids is 1. The van der Waals surface area contributed by atoms with Crippen LogP contribution in [0.3, 0.4) is 0 Å². The highest BCUT2D eigenvalue weighted by Gasteiger charge is 2.26. The van der Waals surface area contributed by atoms with Gasteiger partial charge in [0.05, 0.1) is 17.9 Å². The molecule has 6 nitrogen and oxygen atoms in total. The van der Waals surface area contributed by atoms with Crippen molar-refractivity contribution >= 4 is 11.9 Å². The summed E-state index contributed by atoms with van der Waals surface area (Å²) in [6.07, 6.45) is 4.31. The largest absolute Gasteiger partial charge is 0.478 e. The number of nitrogens with zero attached hydrogens (tertiary/aromatic N) is 3. The van der Waals surface area contributed by atoms with E-state index in [2.05, 4.69) is 36.3 Å². The van der Waals surface area contributed by atoms with Gasteiger partial charge in [-0.25, -0.2) is 4.79 Å². The van der Waals surface area contributed by atoms with Crippen molar-refractivity contribution in [2.24, 2.45) is 0 Å². The smallest absolute Gasteiger partial charge is 0.339 e. The molecule has 0 spiro atoms. The monoisotopic (exact) mass is 355 g/mol. The first kappa shape index (κ1) is 18.2. The molecule has 6 heteroatoms. The first-order valence-corrected chi connectivity index (χ1v) is 9.06. The van der Waals surface area contributed by atoms with Crippen LogP contribution in [0.15, 0.2) is 30.5 Å². The van der Waals surface area contributed by atoms with Gasteiger partial charge in [0.15, 0.2) is 0 Å². The summed E-state index contributed by atoms with van der Waals surface area (Å²) in [5.41, 5.74) is 3.34. The zero-order valence-electron chi connectivity index (χ0n) is 15.3. The third kappa shape index (κ3) is 3.95. The molecule has 1 saturated heterocycles. The summed E-state index contributed by atoms with van der Waals surface area (Å²) in [6.45, 7) is 5.23. The van der Waals surface area contributed by atoms with Crippen LogP contribution in [0.4, 0.5) is 0 Å². The highest BCUT2D eigenvalue weighted by Crippen LogP contribution is 2.25. The molecule has 1 amide bonds. The molecule has 1 fully saturated rings. The van der Waals surface area contributed by atoms with E-state index < -0.39 is 5.97 Å². The third-order valence-corrected chi connectivity index (χ3v) is 5.19. The van der Waals surface area contributed by atoms with Gasteiger partial charge in [0, 0.05) is 19.5 Å². The van der Waals surface area contributed by atoms with Crippen LogP contribution in [0.2, 0.25) is 0 Å². The predicted molar refractivity (Wildman–Crippen MR) is 98.3 cm³/mol. The van der Waals surface area contributed by atoms with Gasteiger partial charge in [-0.1, -0.05) is 29.8 Å². The van der Waals surface area contributed by atoms with Crippen molar-refractivity contribution in [3.63, 3.8) is 0 Å². The van der Waals surface area contributed by atoms with Crippen molar-refractivity contribution in [1.82, 2.24) is 14.7 Å². The summed E-state index contributed by atoms with van der Waals surface area (Å²) >= 11 is 0. The summed E-state index contributed by atoms with van der Waals surface area (Å²) in [5.74, 6) is -0.759. The van der Waals surface area contributed by atoms with Crippen LogP contribution in [-0.4, -0.2) is 44.8 Å². The number of rotatable bonds is 5. The number of carbonyl (C=O) groups is 2. The van der Waals surface area contributed by atoms with Gasteiger partial charge < -0.3 is 10.0 Å². The minimum Gasteiger partial charge on any atom is -0.478 e. The van der Waals surface area contributed by atoms with Crippen molar-refractivity contribution in [1.29, 1.82) is 0 Å². The number of hydrogen-bond donors (Lipinski definition) is 1. The van der Waals surface area contributed by atoms with Gasteiger partial charge in [0.25, 0.3) is 0 Å². The Hall–Kier alpha value is -2.63. The summed E-state index contributed by atoms with van der Waals surface area (Å²) in [7, 11) is 0. The SMILES string of the molecule is Cc1ccc(CCC(=O)N2CCC(n3ncc(C(=O)O)c3C)CC2)cc1. The van der Waals surface area contributed by atoms with Gasteiger partial charge in [0.1, 0.15) is 5.56 Å². The number of carboxylic acid groups (broad SMARTS) is 1. The van der Waals surface area contributed by atoms with E-state index in [1.165, 1.54) is 17.3 Å². The third-order valence-electron chi connectivity index (χ3n) is 5.19. The number of carbonyl (C=O) groups excluding carboxylic acids is 1. The number of benzene rings is 1. The fourth-order valence-corrected chi connectivity index (χ4v) is 3.53. The zero-order chi connectivity index (χ0) is 18.7. The van der Waals surface area contributed by atoms with E-state index in [0.29, 0.717) is 25.2 Å². The van der Waals surface area contributed by atoms with Crippen molar-refractivity contribution in [2.75, 3.05) is 13.1 Å². The number of hydrogen-bond acceptors (Lipinski definition) is 3. The Labute approximate surface area is 153 Å². The normalized spacial score (nSPS) is 15.2. The molecule has 138 valence electrons. The van der Waals surface area contributed by atoms with Crippen molar-refractivity contribution in [2.45, 2.75) is 45.6 Å². The molecule has 1 aromatic carbocycles. The first-order chi connectivity index (χ1) is 12.5. The summed E-state index contributed by atoms with van der Waals surface area (Å²) in [4.78, 5) is 25.5. The van der Waals surface area contributed by atoms with Crippen LogP contribution in [0, 0.1) is 13.8 Å². The van der Waals surface area contributed by atoms with Gasteiger partial charge in [-0.2, -0.15) is 5.10 Å². The average Bonchev–Trinajstić information content (AvgIpc) is 3.03. The molecule has 0 bridgehead atoms. The minimum absolute atomic E-state index is 0.157. The van der Waals surface area contributed by atoms with Crippen molar-refractivity contribution < 1.29 is 14.7 Å². The average molecular weight is 355 g/mol. The zero-order valence-corrected chi connectivity index (χ0v) is 15.3. The van der Waals surface area contributed by atoms with Gasteiger partial charge in [-0.15, -0.1) is 0 Å². The Balaban J connectivity index is 1.52. The van der Waals surface area contributed by atoms with E-state index in [1.807, 2.05) is 4.90 Å². The molecule has 1 N–H and O–H groups in total. The summed E-state index contributed by atoms with van der Waals surface area (Å²) in [6, 6.07) is 8.46. The second-order valence-electron chi connectivity index (χ2n) is 6.99. The lowest BCUT2D eigenvalue weighted by molar-refractivity contribution is -0.132. The van der Waals surface area contributed by atoms with Gasteiger partial charge in [-0.05, 0) is 38.7 Å². The molecule has 0 atom stereocenters. The Bertz CT molecular complexity index is 787. The first-order valence-electron chi connectivity index (χ1n) is 9.06. The molecule has 2 heterocycles. The minimum atomic E-state index is -0.947. The Kier molecular flexibility index (Phi) is 5.40. The second-order valence-corrected chi connectivity index (χ2v) is 6.99. The molecule has 0 radical (unpaired) electrons. The summed E-state index contributed by atoms with van der Waals surface area (Å²) in [5, 5.41) is 13.4. The predicted octanol–water partition coefficient (Wildman–Crippen LogP) is 2.99. The molecule has 1 aliphatic rings. The number of aromatic nitrogens is 2. The summed E-state index contributed by atoms with van der Waals surface area (Å²) < 4.78 is 1.80. The number of aromatic carboxylic acids is 1. The molecule has 2 aromatic rings. The lowest BCUT2D eigenvalue weighted by atomic mass is 10.0. The molecule has 1 aliphatic heterocycles. The van der Waals surface area contributed by atoms with Crippen LogP contribution in [-0.2, 0) is 11.2 Å². The van der Waals surface area contributed by atoms with Crippen LogP contribution < -0.4 is 0 Å². The fourth-order valence-electron chi connectivity index (χ4n) is 3.53. The molecule has 26 heavy (non-hydrogen) atoms. The van der Waals surface area contributed by atoms with E-state index in [9.17, 15) is 9.59 Å². The van der Waals surface area contributed by atoms with E-state index in [1.54, 1.807) is 11.6 Å². The molecular weight excluding hydrogens is 330 g/mol. The van der Waals surface area contributed by atoms with Crippen LogP contribution in [0.5, 0.6) is 0 Å². The molecule has 1 aromatic heterocycles. The topological polar surface area (TPSA) is 75.4 Å². The lowest BCUT2D eigenvalue weighted by Crippen LogP contribution is -2.39. The van der Waals surface area contributed by atoms with E-state index in [-0.39, 0.29) is 17.5 Å². The Morgan fingerprint density at radius 2 is 1.81 bits per heavy atom. The number of aryl methyl sites for hydroxylation is 2. The van der Waals surface area contributed by atoms with Crippen LogP contribution in [0.25, 0.3) is 0 Å². The van der Waals surface area contributed by atoms with E-state index in [4.69, 9.17) is 5.11 Å². The highest BCUT2D eigenvalue weighted by molar-refractivity contribution is 5.88. The van der Waals surface area contributed by atoms with E-state index >= 15 is 0 Å². The molecule has 0 saturated carbocycles. The van der Waals surface area contributed by atoms with E-state index in [0.717, 1.165) is 19.3 Å². The maximum atomic E-state index is 12.5. The highest BCUT2D eigenvalue weighted by atomic mass is 16.4. The van der Waals surface area contributed by atoms with Gasteiger partial charge >= 0.3 is 5.97 Å². The number of amides is 1. The van der Waals surface area contributed by atoms with Crippen LogP contribution >= 0.6 is 0 Å². The maximum absolute atomic E-state index is 12.5. The molecule has 0 aliphatic carbocycles. The second kappa shape index (κ2) is 7.72. The number of piperidine rings is 1. The van der Waals surface area contributed by atoms with Gasteiger partial charge in [0.2, 0.25) is 5.91 Å². The standard InChI is InChI=1S/C20H25N3O3/c1-14-3-5-16(6-4-14)7-8-19(24)22-11-9-17(10-12-22)23-15(2)18(13-21-23)20(25)26/h3-6,13,17H,7-12H2,1-2H3,(H,25,26). The van der Waals surface area contributed by atoms with Crippen molar-refractivity contribution in [3.8, 4) is 0 Å². The molecule has 3 rings (SSSR count). The molecular formula is C20H25N3O3. The molecule has 0 unspecified atom stereocenters. The van der Waals surface area contributed by atoms with Crippen molar-refractivity contribution in [3.05, 3.63) is 52.8 Å². The Morgan fingerprint density at radius 3 is 2.38 bits per heavy atom. The fraction of sp³-hybridized carbons (Fsp3) is 0.450. The van der Waals surface area contributed by atoms with Gasteiger partial charge in [-0.3, -0.25) is 9.48 Å². The lowest BCUT2D eigenvalue weighted by Gasteiger charge is -2.32. The van der Waals surface area contributed by atoms with Crippen LogP contribution in [0.1, 0.15) is 52.5 Å².